The first-order valence-electron chi connectivity index (χ1n) is 6.54. The van der Waals surface area contributed by atoms with Gasteiger partial charge in [-0.2, -0.15) is 5.10 Å². The zero-order chi connectivity index (χ0) is 11.7. The van der Waals surface area contributed by atoms with Crippen LogP contribution in [-0.2, 0) is 19.3 Å². The Kier molecular flexibility index (Phi) is 2.71. The van der Waals surface area contributed by atoms with Crippen LogP contribution < -0.4 is 0 Å². The number of rotatable bonds is 3. The molecule has 0 amide bonds. The number of benzene rings is 1. The van der Waals surface area contributed by atoms with E-state index in [1.165, 1.54) is 40.9 Å². The Balaban J connectivity index is 2.01. The third-order valence-electron chi connectivity index (χ3n) is 3.65. The fourth-order valence-corrected chi connectivity index (χ4v) is 2.68. The summed E-state index contributed by atoms with van der Waals surface area (Å²) in [6, 6.07) is 8.64. The van der Waals surface area contributed by atoms with Crippen molar-refractivity contribution >= 4 is 0 Å². The highest BCUT2D eigenvalue weighted by Gasteiger charge is 2.20. The van der Waals surface area contributed by atoms with Crippen LogP contribution in [0.4, 0.5) is 0 Å². The van der Waals surface area contributed by atoms with E-state index in [4.69, 9.17) is 0 Å². The molecular weight excluding hydrogens is 208 g/mol. The van der Waals surface area contributed by atoms with Crippen molar-refractivity contribution in [3.05, 3.63) is 41.1 Å². The van der Waals surface area contributed by atoms with Crippen LogP contribution >= 0.6 is 0 Å². The fraction of sp³-hybridized carbons (Fsp3) is 0.400. The molecule has 1 N–H and O–H groups in total. The van der Waals surface area contributed by atoms with E-state index in [0.717, 1.165) is 19.3 Å². The van der Waals surface area contributed by atoms with Crippen LogP contribution in [0.25, 0.3) is 11.3 Å². The van der Waals surface area contributed by atoms with E-state index in [9.17, 15) is 0 Å². The van der Waals surface area contributed by atoms with Gasteiger partial charge in [0.05, 0.1) is 5.69 Å². The van der Waals surface area contributed by atoms with Gasteiger partial charge in [-0.05, 0) is 31.2 Å². The summed E-state index contributed by atoms with van der Waals surface area (Å²) >= 11 is 0. The van der Waals surface area contributed by atoms with Crippen LogP contribution in [-0.4, -0.2) is 10.2 Å². The van der Waals surface area contributed by atoms with Crippen molar-refractivity contribution in [1.29, 1.82) is 0 Å². The van der Waals surface area contributed by atoms with Crippen molar-refractivity contribution in [1.82, 2.24) is 10.2 Å². The summed E-state index contributed by atoms with van der Waals surface area (Å²) in [4.78, 5) is 0. The van der Waals surface area contributed by atoms with Crippen molar-refractivity contribution in [2.75, 3.05) is 0 Å². The summed E-state index contributed by atoms with van der Waals surface area (Å²) in [5, 5.41) is 7.77. The molecule has 2 heteroatoms. The van der Waals surface area contributed by atoms with Gasteiger partial charge in [0.25, 0.3) is 0 Å². The van der Waals surface area contributed by atoms with Gasteiger partial charge in [-0.25, -0.2) is 0 Å². The fourth-order valence-electron chi connectivity index (χ4n) is 2.68. The zero-order valence-electron chi connectivity index (χ0n) is 10.3. The number of aryl methyl sites for hydroxylation is 2. The van der Waals surface area contributed by atoms with E-state index >= 15 is 0 Å². The van der Waals surface area contributed by atoms with Gasteiger partial charge in [0.2, 0.25) is 0 Å². The van der Waals surface area contributed by atoms with Crippen LogP contribution in [0, 0.1) is 0 Å². The molecule has 1 aromatic heterocycles. The summed E-state index contributed by atoms with van der Waals surface area (Å²) < 4.78 is 0. The second kappa shape index (κ2) is 4.36. The van der Waals surface area contributed by atoms with E-state index in [1.54, 1.807) is 0 Å². The van der Waals surface area contributed by atoms with Crippen LogP contribution in [0.5, 0.6) is 0 Å². The van der Waals surface area contributed by atoms with Crippen molar-refractivity contribution < 1.29 is 0 Å². The monoisotopic (exact) mass is 226 g/mol. The molecule has 1 aliphatic rings. The Morgan fingerprint density at radius 1 is 1.24 bits per heavy atom. The third-order valence-corrected chi connectivity index (χ3v) is 3.65. The molecule has 0 aliphatic heterocycles. The van der Waals surface area contributed by atoms with Gasteiger partial charge in [-0.15, -0.1) is 0 Å². The molecular formula is C15H18N2. The highest BCUT2D eigenvalue weighted by atomic mass is 15.1. The van der Waals surface area contributed by atoms with E-state index in [1.807, 2.05) is 0 Å². The van der Waals surface area contributed by atoms with E-state index in [0.29, 0.717) is 0 Å². The molecule has 0 fully saturated rings. The molecule has 0 saturated carbocycles. The van der Waals surface area contributed by atoms with E-state index in [2.05, 4.69) is 41.4 Å². The molecule has 0 spiro atoms. The van der Waals surface area contributed by atoms with Gasteiger partial charge in [0.1, 0.15) is 0 Å². The predicted molar refractivity (Wildman–Crippen MR) is 70.0 cm³/mol. The predicted octanol–water partition coefficient (Wildman–Crippen LogP) is 3.52. The molecule has 17 heavy (non-hydrogen) atoms. The highest BCUT2D eigenvalue weighted by Crippen LogP contribution is 2.33. The van der Waals surface area contributed by atoms with Gasteiger partial charge in [-0.1, -0.05) is 37.6 Å². The second-order valence-electron chi connectivity index (χ2n) is 4.79. The maximum atomic E-state index is 4.53. The van der Waals surface area contributed by atoms with Gasteiger partial charge in [-0.3, -0.25) is 5.10 Å². The Bertz CT molecular complexity index is 525. The number of fused-ring (bicyclic) bond motifs is 3. The van der Waals surface area contributed by atoms with Crippen LogP contribution in [0.2, 0.25) is 0 Å². The number of nitrogens with one attached hydrogen (secondary N) is 1. The van der Waals surface area contributed by atoms with Gasteiger partial charge < -0.3 is 0 Å². The first-order valence-corrected chi connectivity index (χ1v) is 6.54. The van der Waals surface area contributed by atoms with Gasteiger partial charge >= 0.3 is 0 Å². The first-order chi connectivity index (χ1) is 8.40. The molecule has 0 bridgehead atoms. The van der Waals surface area contributed by atoms with Crippen molar-refractivity contribution in [3.8, 4) is 11.3 Å². The largest absolute Gasteiger partial charge is 0.282 e. The topological polar surface area (TPSA) is 28.7 Å². The lowest BCUT2D eigenvalue weighted by atomic mass is 9.88. The Morgan fingerprint density at radius 2 is 2.12 bits per heavy atom. The smallest absolute Gasteiger partial charge is 0.0958 e. The number of aromatic nitrogens is 2. The number of hydrogen-bond donors (Lipinski definition) is 1. The quantitative estimate of drug-likeness (QED) is 0.852. The lowest BCUT2D eigenvalue weighted by molar-refractivity contribution is 0.762. The standard InChI is InChI=1S/C15H18N2/c1-2-3-8-14-13-10-9-11-6-4-5-7-12(11)15(13)17-16-14/h4-7H,2-3,8-10H2,1H3,(H,16,17). The van der Waals surface area contributed by atoms with Crippen LogP contribution in [0.15, 0.2) is 24.3 Å². The summed E-state index contributed by atoms with van der Waals surface area (Å²) in [5.74, 6) is 0. The second-order valence-corrected chi connectivity index (χ2v) is 4.79. The minimum absolute atomic E-state index is 1.14. The maximum Gasteiger partial charge on any atom is 0.0958 e. The minimum atomic E-state index is 1.14. The Hall–Kier alpha value is -1.57. The Labute approximate surface area is 102 Å². The van der Waals surface area contributed by atoms with Gasteiger partial charge in [0.15, 0.2) is 0 Å². The van der Waals surface area contributed by atoms with Crippen LogP contribution in [0.3, 0.4) is 0 Å². The maximum absolute atomic E-state index is 4.53. The molecule has 0 atom stereocenters. The summed E-state index contributed by atoms with van der Waals surface area (Å²) in [7, 11) is 0. The lowest BCUT2D eigenvalue weighted by Crippen LogP contribution is -2.04. The normalized spacial score (nSPS) is 13.2. The summed E-state index contributed by atoms with van der Waals surface area (Å²) in [6.45, 7) is 2.23. The van der Waals surface area contributed by atoms with E-state index < -0.39 is 0 Å². The molecule has 0 radical (unpaired) electrons. The molecule has 0 saturated heterocycles. The number of aromatic amines is 1. The third kappa shape index (κ3) is 1.78. The summed E-state index contributed by atoms with van der Waals surface area (Å²) in [5.41, 5.74) is 6.77. The van der Waals surface area contributed by atoms with Crippen molar-refractivity contribution in [2.24, 2.45) is 0 Å². The van der Waals surface area contributed by atoms with E-state index in [-0.39, 0.29) is 0 Å². The molecule has 88 valence electrons. The molecule has 1 aliphatic carbocycles. The molecule has 1 heterocycles. The molecule has 2 aromatic rings. The summed E-state index contributed by atoms with van der Waals surface area (Å²) in [6.07, 6.45) is 5.92. The zero-order valence-corrected chi connectivity index (χ0v) is 10.3. The SMILES string of the molecule is CCCCc1[nH]nc2c1CCc1ccccc1-2. The average Bonchev–Trinajstić information content (AvgIpc) is 2.80. The molecule has 3 rings (SSSR count). The molecule has 1 aromatic carbocycles. The average molecular weight is 226 g/mol. The van der Waals surface area contributed by atoms with Crippen molar-refractivity contribution in [3.63, 3.8) is 0 Å². The Morgan fingerprint density at radius 3 is 3.00 bits per heavy atom. The van der Waals surface area contributed by atoms with Crippen LogP contribution in [0.1, 0.15) is 36.6 Å². The number of hydrogen-bond acceptors (Lipinski definition) is 1. The van der Waals surface area contributed by atoms with Crippen molar-refractivity contribution in [2.45, 2.75) is 39.0 Å². The molecule has 2 nitrogen and oxygen atoms in total. The van der Waals surface area contributed by atoms with Gasteiger partial charge in [0, 0.05) is 16.8 Å². The number of unbranched alkanes of at least 4 members (excludes halogenated alkanes) is 1. The number of nitrogens with zero attached hydrogens (tertiary/aromatic N) is 1. The first kappa shape index (κ1) is 10.6. The number of H-pyrrole nitrogens is 1. The lowest BCUT2D eigenvalue weighted by Gasteiger charge is -2.15. The molecule has 0 unspecified atom stereocenters. The highest BCUT2D eigenvalue weighted by molar-refractivity contribution is 5.70. The minimum Gasteiger partial charge on any atom is -0.282 e.